The monoisotopic (exact) mass is 153 g/mol. The van der Waals surface area contributed by atoms with E-state index in [4.69, 9.17) is 11.6 Å². The maximum atomic E-state index is 5.89. The van der Waals surface area contributed by atoms with Crippen LogP contribution in [0.4, 0.5) is 0 Å². The normalized spacial score (nSPS) is 10.4. The quantitative estimate of drug-likeness (QED) is 0.581. The van der Waals surface area contributed by atoms with Gasteiger partial charge in [0.25, 0.3) is 0 Å². The fourth-order valence-corrected chi connectivity index (χ4v) is 1.23. The molecule has 53 valence electrons. The summed E-state index contributed by atoms with van der Waals surface area (Å²) < 4.78 is 0. The summed E-state index contributed by atoms with van der Waals surface area (Å²) in [5.41, 5.74) is 1.19. The Morgan fingerprint density at radius 2 is 2.20 bits per heavy atom. The molecule has 1 heteroatoms. The van der Waals surface area contributed by atoms with Crippen LogP contribution in [0.3, 0.4) is 0 Å². The van der Waals surface area contributed by atoms with Crippen LogP contribution in [0.2, 0.25) is 5.02 Å². The van der Waals surface area contributed by atoms with Gasteiger partial charge >= 0.3 is 0 Å². The van der Waals surface area contributed by atoms with Crippen LogP contribution in [0.15, 0.2) is 18.2 Å². The van der Waals surface area contributed by atoms with Crippen LogP contribution in [0.1, 0.15) is 25.3 Å². The molecule has 0 unspecified atom stereocenters. The predicted octanol–water partition coefficient (Wildman–Crippen LogP) is 3.26. The van der Waals surface area contributed by atoms with Crippen LogP contribution in [-0.4, -0.2) is 0 Å². The Morgan fingerprint density at radius 3 is 2.60 bits per heavy atom. The maximum Gasteiger partial charge on any atom is 0.0446 e. The van der Waals surface area contributed by atoms with Crippen LogP contribution in [-0.2, 0) is 0 Å². The highest BCUT2D eigenvalue weighted by atomic mass is 35.5. The summed E-state index contributed by atoms with van der Waals surface area (Å²) in [6.45, 7) is 4.25. The van der Waals surface area contributed by atoms with E-state index in [1.165, 1.54) is 5.56 Å². The van der Waals surface area contributed by atoms with Crippen LogP contribution in [0, 0.1) is 6.07 Å². The first kappa shape index (κ1) is 7.62. The van der Waals surface area contributed by atoms with Gasteiger partial charge in [-0.3, -0.25) is 0 Å². The number of hydrogen-bond donors (Lipinski definition) is 0. The molecule has 0 aliphatic carbocycles. The molecule has 0 aliphatic heterocycles. The molecule has 0 N–H and O–H groups in total. The molecule has 1 aromatic rings. The molecule has 0 heterocycles. The molecule has 0 spiro atoms. The second-order valence-electron chi connectivity index (χ2n) is 2.60. The molecule has 0 nitrogen and oxygen atoms in total. The lowest BCUT2D eigenvalue weighted by Crippen LogP contribution is -1.86. The van der Waals surface area contributed by atoms with Crippen molar-refractivity contribution in [3.05, 3.63) is 34.9 Å². The molecule has 0 saturated heterocycles. The molecule has 0 aliphatic rings. The largest absolute Gasteiger partial charge is 0.0840 e. The second kappa shape index (κ2) is 3.07. The molecule has 0 saturated carbocycles. The third kappa shape index (κ3) is 1.51. The summed E-state index contributed by atoms with van der Waals surface area (Å²) in [4.78, 5) is 0. The van der Waals surface area contributed by atoms with E-state index < -0.39 is 0 Å². The molecule has 0 atom stereocenters. The highest BCUT2D eigenvalue weighted by Gasteiger charge is 2.01. The summed E-state index contributed by atoms with van der Waals surface area (Å²) >= 11 is 5.89. The van der Waals surface area contributed by atoms with Crippen LogP contribution >= 0.6 is 11.6 Å². The number of hydrogen-bond acceptors (Lipinski definition) is 0. The van der Waals surface area contributed by atoms with Gasteiger partial charge < -0.3 is 0 Å². The van der Waals surface area contributed by atoms with Crippen molar-refractivity contribution in [1.82, 2.24) is 0 Å². The van der Waals surface area contributed by atoms with Crippen molar-refractivity contribution in [3.63, 3.8) is 0 Å². The average Bonchev–Trinajstić information content (AvgIpc) is 1.88. The van der Waals surface area contributed by atoms with Crippen molar-refractivity contribution in [2.45, 2.75) is 19.8 Å². The van der Waals surface area contributed by atoms with Gasteiger partial charge in [0.15, 0.2) is 0 Å². The van der Waals surface area contributed by atoms with E-state index in [0.29, 0.717) is 5.92 Å². The van der Waals surface area contributed by atoms with Crippen molar-refractivity contribution in [3.8, 4) is 0 Å². The molecular formula is C9H10Cl. The zero-order valence-electron chi connectivity index (χ0n) is 6.19. The average molecular weight is 154 g/mol. The van der Waals surface area contributed by atoms with E-state index in [9.17, 15) is 0 Å². The minimum atomic E-state index is 0.502. The Morgan fingerprint density at radius 1 is 1.50 bits per heavy atom. The van der Waals surface area contributed by atoms with E-state index in [-0.39, 0.29) is 0 Å². The molecule has 10 heavy (non-hydrogen) atoms. The summed E-state index contributed by atoms with van der Waals surface area (Å²) in [6, 6.07) is 8.62. The molecule has 0 aromatic heterocycles. The van der Waals surface area contributed by atoms with Gasteiger partial charge in [0, 0.05) is 5.02 Å². The van der Waals surface area contributed by atoms with Gasteiger partial charge in [-0.15, -0.1) is 0 Å². The van der Waals surface area contributed by atoms with Crippen LogP contribution in [0.5, 0.6) is 0 Å². The molecule has 1 rings (SSSR count). The van der Waals surface area contributed by atoms with E-state index >= 15 is 0 Å². The van der Waals surface area contributed by atoms with Gasteiger partial charge in [0.05, 0.1) is 0 Å². The maximum absolute atomic E-state index is 5.89. The third-order valence-electron chi connectivity index (χ3n) is 1.47. The number of halogens is 1. The van der Waals surface area contributed by atoms with Crippen molar-refractivity contribution < 1.29 is 0 Å². The molecule has 0 bridgehead atoms. The molecule has 1 aromatic carbocycles. The highest BCUT2D eigenvalue weighted by molar-refractivity contribution is 6.31. The zero-order chi connectivity index (χ0) is 7.56. The third-order valence-corrected chi connectivity index (χ3v) is 1.79. The first-order valence-corrected chi connectivity index (χ1v) is 3.75. The Balaban J connectivity index is 3.03. The summed E-state index contributed by atoms with van der Waals surface area (Å²) in [6.07, 6.45) is 0. The van der Waals surface area contributed by atoms with Gasteiger partial charge in [0.2, 0.25) is 0 Å². The SMILES string of the molecule is CC(C)c1cc[c]cc1Cl. The number of benzene rings is 1. The van der Waals surface area contributed by atoms with E-state index in [1.807, 2.05) is 12.1 Å². The van der Waals surface area contributed by atoms with E-state index in [2.05, 4.69) is 19.9 Å². The fourth-order valence-electron chi connectivity index (χ4n) is 0.890. The first-order chi connectivity index (χ1) is 4.72. The van der Waals surface area contributed by atoms with Gasteiger partial charge in [-0.2, -0.15) is 0 Å². The summed E-state index contributed by atoms with van der Waals surface area (Å²) in [7, 11) is 0. The van der Waals surface area contributed by atoms with Crippen LogP contribution < -0.4 is 0 Å². The summed E-state index contributed by atoms with van der Waals surface area (Å²) in [5.74, 6) is 0.502. The van der Waals surface area contributed by atoms with Crippen molar-refractivity contribution in [1.29, 1.82) is 0 Å². The zero-order valence-corrected chi connectivity index (χ0v) is 6.94. The molecule has 0 fully saturated rings. The van der Waals surface area contributed by atoms with Crippen LogP contribution in [0.25, 0.3) is 0 Å². The Bertz CT molecular complexity index is 216. The minimum absolute atomic E-state index is 0.502. The highest BCUT2D eigenvalue weighted by Crippen LogP contribution is 2.22. The van der Waals surface area contributed by atoms with Crippen molar-refractivity contribution in [2.24, 2.45) is 0 Å². The molecular weight excluding hydrogens is 144 g/mol. The standard InChI is InChI=1S/C9H10Cl/c1-7(2)8-5-3-4-6-9(8)10/h3,5-7H,1-2H3. The van der Waals surface area contributed by atoms with Gasteiger partial charge in [-0.25, -0.2) is 0 Å². The topological polar surface area (TPSA) is 0 Å². The smallest absolute Gasteiger partial charge is 0.0446 e. The molecule has 1 radical (unpaired) electrons. The second-order valence-corrected chi connectivity index (χ2v) is 3.01. The van der Waals surface area contributed by atoms with Crippen molar-refractivity contribution >= 4 is 11.6 Å². The number of rotatable bonds is 1. The molecule has 0 amide bonds. The van der Waals surface area contributed by atoms with E-state index in [1.54, 1.807) is 6.07 Å². The summed E-state index contributed by atoms with van der Waals surface area (Å²) in [5, 5.41) is 0.817. The Kier molecular flexibility index (Phi) is 2.34. The van der Waals surface area contributed by atoms with Crippen molar-refractivity contribution in [2.75, 3.05) is 0 Å². The van der Waals surface area contributed by atoms with Gasteiger partial charge in [0.1, 0.15) is 0 Å². The lowest BCUT2D eigenvalue weighted by Gasteiger charge is -2.05. The lowest BCUT2D eigenvalue weighted by atomic mass is 10.0. The predicted molar refractivity (Wildman–Crippen MR) is 44.4 cm³/mol. The van der Waals surface area contributed by atoms with Gasteiger partial charge in [-0.1, -0.05) is 37.6 Å². The minimum Gasteiger partial charge on any atom is -0.0840 e. The Labute approximate surface area is 66.8 Å². The Hall–Kier alpha value is -0.490. The van der Waals surface area contributed by atoms with E-state index in [0.717, 1.165) is 5.02 Å². The van der Waals surface area contributed by atoms with Gasteiger partial charge in [-0.05, 0) is 23.6 Å². The fraction of sp³-hybridized carbons (Fsp3) is 0.333. The first-order valence-electron chi connectivity index (χ1n) is 3.37. The lowest BCUT2D eigenvalue weighted by molar-refractivity contribution is 0.867.